The molecule has 0 radical (unpaired) electrons. The van der Waals surface area contributed by atoms with E-state index in [0.29, 0.717) is 11.3 Å². The molecule has 0 saturated heterocycles. The van der Waals surface area contributed by atoms with E-state index in [1.807, 2.05) is 6.92 Å². The maximum atomic E-state index is 10.7. The van der Waals surface area contributed by atoms with Gasteiger partial charge in [0.25, 0.3) is 0 Å². The van der Waals surface area contributed by atoms with E-state index in [-0.39, 0.29) is 5.69 Å². The van der Waals surface area contributed by atoms with Crippen LogP contribution < -0.4 is 0 Å². The summed E-state index contributed by atoms with van der Waals surface area (Å²) >= 11 is 0. The van der Waals surface area contributed by atoms with Crippen molar-refractivity contribution in [2.45, 2.75) is 13.8 Å². The van der Waals surface area contributed by atoms with Crippen LogP contribution in [-0.2, 0) is 0 Å². The highest BCUT2D eigenvalue weighted by molar-refractivity contribution is 5.86. The zero-order chi connectivity index (χ0) is 10.3. The lowest BCUT2D eigenvalue weighted by Gasteiger charge is -2.00. The van der Waals surface area contributed by atoms with Crippen molar-refractivity contribution in [1.29, 1.82) is 0 Å². The first-order valence-electron chi connectivity index (χ1n) is 4.02. The SMILES string of the molecule is Cc1cc2nnc(C(=O)O)c(C)n2n1. The van der Waals surface area contributed by atoms with Crippen LogP contribution in [0, 0.1) is 13.8 Å². The van der Waals surface area contributed by atoms with Crippen molar-refractivity contribution in [2.75, 3.05) is 0 Å². The number of nitrogens with zero attached hydrogens (tertiary/aromatic N) is 4. The lowest BCUT2D eigenvalue weighted by Crippen LogP contribution is -2.10. The molecule has 6 nitrogen and oxygen atoms in total. The highest BCUT2D eigenvalue weighted by Gasteiger charge is 2.13. The third kappa shape index (κ3) is 1.12. The molecule has 0 unspecified atom stereocenters. The minimum atomic E-state index is -1.09. The number of carboxylic acids is 1. The Morgan fingerprint density at radius 3 is 2.79 bits per heavy atom. The maximum absolute atomic E-state index is 10.7. The van der Waals surface area contributed by atoms with Gasteiger partial charge in [0.2, 0.25) is 0 Å². The number of fused-ring (bicyclic) bond motifs is 1. The Balaban J connectivity index is 2.80. The van der Waals surface area contributed by atoms with Crippen LogP contribution in [0.1, 0.15) is 21.9 Å². The normalized spacial score (nSPS) is 10.7. The van der Waals surface area contributed by atoms with Gasteiger partial charge in [0, 0.05) is 6.07 Å². The van der Waals surface area contributed by atoms with Gasteiger partial charge in [-0.25, -0.2) is 9.31 Å². The molecule has 0 spiro atoms. The molecule has 14 heavy (non-hydrogen) atoms. The zero-order valence-electron chi connectivity index (χ0n) is 7.72. The van der Waals surface area contributed by atoms with Gasteiger partial charge in [-0.05, 0) is 13.8 Å². The third-order valence-electron chi connectivity index (χ3n) is 1.93. The Labute approximate surface area is 79.2 Å². The van der Waals surface area contributed by atoms with E-state index in [9.17, 15) is 4.79 Å². The molecule has 0 aliphatic heterocycles. The molecule has 2 aromatic rings. The molecule has 6 heteroatoms. The third-order valence-corrected chi connectivity index (χ3v) is 1.93. The van der Waals surface area contributed by atoms with Crippen LogP contribution in [-0.4, -0.2) is 30.9 Å². The second kappa shape index (κ2) is 2.76. The Morgan fingerprint density at radius 1 is 1.43 bits per heavy atom. The zero-order valence-corrected chi connectivity index (χ0v) is 7.72. The molecule has 2 aromatic heterocycles. The van der Waals surface area contributed by atoms with Gasteiger partial charge < -0.3 is 5.11 Å². The maximum Gasteiger partial charge on any atom is 0.358 e. The van der Waals surface area contributed by atoms with Crippen LogP contribution in [0.2, 0.25) is 0 Å². The number of rotatable bonds is 1. The summed E-state index contributed by atoms with van der Waals surface area (Å²) < 4.78 is 1.48. The number of aromatic nitrogens is 4. The van der Waals surface area contributed by atoms with E-state index in [1.165, 1.54) is 4.52 Å². The predicted molar refractivity (Wildman–Crippen MR) is 47.2 cm³/mol. The van der Waals surface area contributed by atoms with E-state index in [4.69, 9.17) is 5.11 Å². The van der Waals surface area contributed by atoms with Gasteiger partial charge in [-0.1, -0.05) is 0 Å². The predicted octanol–water partition coefficient (Wildman–Crippen LogP) is 0.439. The monoisotopic (exact) mass is 192 g/mol. The molecule has 0 atom stereocenters. The van der Waals surface area contributed by atoms with Crippen molar-refractivity contribution in [3.05, 3.63) is 23.1 Å². The van der Waals surface area contributed by atoms with Gasteiger partial charge in [0.1, 0.15) is 0 Å². The lowest BCUT2D eigenvalue weighted by molar-refractivity contribution is 0.0687. The molecular formula is C8H8N4O2. The first-order chi connectivity index (χ1) is 6.59. The largest absolute Gasteiger partial charge is 0.476 e. The fraction of sp³-hybridized carbons (Fsp3) is 0.250. The van der Waals surface area contributed by atoms with Crippen LogP contribution in [0.4, 0.5) is 0 Å². The van der Waals surface area contributed by atoms with Crippen molar-refractivity contribution in [2.24, 2.45) is 0 Å². The molecule has 2 heterocycles. The van der Waals surface area contributed by atoms with Crippen LogP contribution in [0.25, 0.3) is 5.65 Å². The van der Waals surface area contributed by atoms with Crippen LogP contribution in [0.5, 0.6) is 0 Å². The van der Waals surface area contributed by atoms with Crippen LogP contribution >= 0.6 is 0 Å². The first-order valence-corrected chi connectivity index (χ1v) is 4.02. The van der Waals surface area contributed by atoms with Gasteiger partial charge >= 0.3 is 5.97 Å². The average Bonchev–Trinajstić information content (AvgIpc) is 2.46. The average molecular weight is 192 g/mol. The Hall–Kier alpha value is -1.98. The van der Waals surface area contributed by atoms with E-state index >= 15 is 0 Å². The van der Waals surface area contributed by atoms with E-state index in [0.717, 1.165) is 5.69 Å². The minimum absolute atomic E-state index is 0.0689. The summed E-state index contributed by atoms with van der Waals surface area (Å²) in [5, 5.41) is 20.3. The van der Waals surface area contributed by atoms with Gasteiger partial charge in [-0.3, -0.25) is 0 Å². The standard InChI is InChI=1S/C8H8N4O2/c1-4-3-6-9-10-7(8(13)14)5(2)12(6)11-4/h3H,1-2H3,(H,13,14). The molecule has 0 amide bonds. The summed E-state index contributed by atoms with van der Waals surface area (Å²) in [6, 6.07) is 1.74. The molecule has 0 aromatic carbocycles. The van der Waals surface area contributed by atoms with Gasteiger partial charge in [0.15, 0.2) is 11.3 Å². The van der Waals surface area contributed by atoms with Crippen molar-refractivity contribution in [1.82, 2.24) is 19.8 Å². The van der Waals surface area contributed by atoms with E-state index in [2.05, 4.69) is 15.3 Å². The number of hydrogen-bond acceptors (Lipinski definition) is 4. The Bertz CT molecular complexity index is 517. The van der Waals surface area contributed by atoms with Crippen molar-refractivity contribution < 1.29 is 9.90 Å². The summed E-state index contributed by atoms with van der Waals surface area (Å²) in [5.74, 6) is -1.09. The van der Waals surface area contributed by atoms with Crippen LogP contribution in [0.3, 0.4) is 0 Å². The molecule has 0 bridgehead atoms. The molecule has 0 aliphatic rings. The van der Waals surface area contributed by atoms with Gasteiger partial charge in [-0.2, -0.15) is 5.10 Å². The Morgan fingerprint density at radius 2 is 2.14 bits per heavy atom. The molecule has 0 saturated carbocycles. The lowest BCUT2D eigenvalue weighted by atomic mass is 10.3. The molecule has 2 rings (SSSR count). The highest BCUT2D eigenvalue weighted by Crippen LogP contribution is 2.07. The number of carboxylic acid groups (broad SMARTS) is 1. The van der Waals surface area contributed by atoms with Crippen LogP contribution in [0.15, 0.2) is 6.07 Å². The second-order valence-corrected chi connectivity index (χ2v) is 2.99. The van der Waals surface area contributed by atoms with E-state index < -0.39 is 5.97 Å². The quantitative estimate of drug-likeness (QED) is 0.709. The van der Waals surface area contributed by atoms with Crippen molar-refractivity contribution in [3.8, 4) is 0 Å². The first kappa shape index (κ1) is 8.61. The van der Waals surface area contributed by atoms with E-state index in [1.54, 1.807) is 13.0 Å². The topological polar surface area (TPSA) is 80.4 Å². The number of carbonyl (C=O) groups is 1. The van der Waals surface area contributed by atoms with Crippen molar-refractivity contribution in [3.63, 3.8) is 0 Å². The second-order valence-electron chi connectivity index (χ2n) is 2.99. The highest BCUT2D eigenvalue weighted by atomic mass is 16.4. The summed E-state index contributed by atoms with van der Waals surface area (Å²) in [7, 11) is 0. The summed E-state index contributed by atoms with van der Waals surface area (Å²) in [6.45, 7) is 3.46. The van der Waals surface area contributed by atoms with Gasteiger partial charge in [-0.15, -0.1) is 10.2 Å². The smallest absolute Gasteiger partial charge is 0.358 e. The summed E-state index contributed by atoms with van der Waals surface area (Å²) in [6.07, 6.45) is 0. The fourth-order valence-corrected chi connectivity index (χ4v) is 1.28. The number of aromatic carboxylic acids is 1. The number of aryl methyl sites for hydroxylation is 2. The fourth-order valence-electron chi connectivity index (χ4n) is 1.28. The summed E-state index contributed by atoms with van der Waals surface area (Å²) in [4.78, 5) is 10.7. The van der Waals surface area contributed by atoms with Gasteiger partial charge in [0.05, 0.1) is 11.4 Å². The number of hydrogen-bond donors (Lipinski definition) is 1. The van der Waals surface area contributed by atoms with Crippen molar-refractivity contribution >= 4 is 11.6 Å². The summed E-state index contributed by atoms with van der Waals surface area (Å²) in [5.41, 5.74) is 1.76. The molecule has 0 aliphatic carbocycles. The minimum Gasteiger partial charge on any atom is -0.476 e. The molecular weight excluding hydrogens is 184 g/mol. The molecule has 72 valence electrons. The molecule has 0 fully saturated rings. The molecule has 1 N–H and O–H groups in total. The Kier molecular flexibility index (Phi) is 1.70.